The molecule has 0 aliphatic heterocycles. The monoisotopic (exact) mass is 275 g/mol. The van der Waals surface area contributed by atoms with Crippen LogP contribution in [0, 0.1) is 11.8 Å². The first kappa shape index (κ1) is 17.2. The van der Waals surface area contributed by atoms with Crippen LogP contribution in [-0.4, -0.2) is 6.54 Å². The molecular formula is C19H33N. The highest BCUT2D eigenvalue weighted by molar-refractivity contribution is 5.30. The summed E-state index contributed by atoms with van der Waals surface area (Å²) < 4.78 is 0. The standard InChI is InChI=1S/C19H33N/c1-8-19(6,7)17-12-10-16(11-13-17)18(20-9-2)15(5)14(3)4/h10-15,18,20H,8-9H2,1-7H3. The van der Waals surface area contributed by atoms with Gasteiger partial charge in [-0.2, -0.15) is 0 Å². The van der Waals surface area contributed by atoms with E-state index in [4.69, 9.17) is 0 Å². The summed E-state index contributed by atoms with van der Waals surface area (Å²) in [5.74, 6) is 1.32. The smallest absolute Gasteiger partial charge is 0.0348 e. The number of hydrogen-bond donors (Lipinski definition) is 1. The first-order valence-electron chi connectivity index (χ1n) is 8.17. The molecule has 0 heterocycles. The molecule has 2 atom stereocenters. The lowest BCUT2D eigenvalue weighted by Crippen LogP contribution is -2.29. The van der Waals surface area contributed by atoms with Crippen LogP contribution >= 0.6 is 0 Å². The maximum atomic E-state index is 3.65. The van der Waals surface area contributed by atoms with Crippen LogP contribution in [-0.2, 0) is 5.41 Å². The Kier molecular flexibility index (Phi) is 6.26. The van der Waals surface area contributed by atoms with Crippen molar-refractivity contribution in [3.8, 4) is 0 Å². The van der Waals surface area contributed by atoms with E-state index in [1.165, 1.54) is 17.5 Å². The van der Waals surface area contributed by atoms with E-state index in [2.05, 4.69) is 78.0 Å². The highest BCUT2D eigenvalue weighted by Gasteiger charge is 2.22. The van der Waals surface area contributed by atoms with Gasteiger partial charge in [-0.1, -0.05) is 72.7 Å². The number of rotatable bonds is 7. The summed E-state index contributed by atoms with van der Waals surface area (Å²) in [5.41, 5.74) is 3.13. The van der Waals surface area contributed by atoms with E-state index < -0.39 is 0 Å². The summed E-state index contributed by atoms with van der Waals surface area (Å²) in [6.07, 6.45) is 1.17. The maximum Gasteiger partial charge on any atom is 0.0348 e. The largest absolute Gasteiger partial charge is 0.310 e. The predicted octanol–water partition coefficient (Wildman–Crippen LogP) is 5.32. The van der Waals surface area contributed by atoms with Crippen LogP contribution in [0.15, 0.2) is 24.3 Å². The summed E-state index contributed by atoms with van der Waals surface area (Å²) in [7, 11) is 0. The van der Waals surface area contributed by atoms with Crippen LogP contribution in [0.2, 0.25) is 0 Å². The van der Waals surface area contributed by atoms with Gasteiger partial charge in [-0.05, 0) is 41.3 Å². The van der Waals surface area contributed by atoms with Crippen molar-refractivity contribution < 1.29 is 0 Å². The third-order valence-corrected chi connectivity index (χ3v) is 4.94. The number of nitrogens with one attached hydrogen (secondary N) is 1. The van der Waals surface area contributed by atoms with Crippen molar-refractivity contribution in [2.45, 2.75) is 66.3 Å². The van der Waals surface area contributed by atoms with Crippen molar-refractivity contribution >= 4 is 0 Å². The fraction of sp³-hybridized carbons (Fsp3) is 0.684. The third kappa shape index (κ3) is 4.09. The molecule has 1 aromatic carbocycles. The third-order valence-electron chi connectivity index (χ3n) is 4.94. The van der Waals surface area contributed by atoms with Crippen LogP contribution in [0.1, 0.15) is 72.1 Å². The second-order valence-corrected chi connectivity index (χ2v) is 7.00. The van der Waals surface area contributed by atoms with Gasteiger partial charge in [-0.25, -0.2) is 0 Å². The Labute approximate surface area is 126 Å². The van der Waals surface area contributed by atoms with Gasteiger partial charge in [-0.15, -0.1) is 0 Å². The molecule has 2 unspecified atom stereocenters. The Hall–Kier alpha value is -0.820. The van der Waals surface area contributed by atoms with Gasteiger partial charge in [0.25, 0.3) is 0 Å². The summed E-state index contributed by atoms with van der Waals surface area (Å²) in [6.45, 7) is 17.1. The van der Waals surface area contributed by atoms with Crippen molar-refractivity contribution in [1.29, 1.82) is 0 Å². The molecule has 0 aromatic heterocycles. The first-order chi connectivity index (χ1) is 9.33. The fourth-order valence-electron chi connectivity index (χ4n) is 2.56. The highest BCUT2D eigenvalue weighted by atomic mass is 14.9. The van der Waals surface area contributed by atoms with Crippen molar-refractivity contribution in [2.24, 2.45) is 11.8 Å². The molecule has 0 radical (unpaired) electrons. The summed E-state index contributed by atoms with van der Waals surface area (Å²) in [5, 5.41) is 3.65. The van der Waals surface area contributed by atoms with Gasteiger partial charge in [0.2, 0.25) is 0 Å². The minimum Gasteiger partial charge on any atom is -0.310 e. The lowest BCUT2D eigenvalue weighted by molar-refractivity contribution is 0.307. The molecule has 0 spiro atoms. The molecule has 0 bridgehead atoms. The highest BCUT2D eigenvalue weighted by Crippen LogP contribution is 2.31. The Morgan fingerprint density at radius 3 is 1.95 bits per heavy atom. The topological polar surface area (TPSA) is 12.0 Å². The van der Waals surface area contributed by atoms with E-state index in [-0.39, 0.29) is 5.41 Å². The van der Waals surface area contributed by atoms with Crippen LogP contribution in [0.5, 0.6) is 0 Å². The molecule has 0 saturated carbocycles. The van der Waals surface area contributed by atoms with Gasteiger partial charge in [0.05, 0.1) is 0 Å². The van der Waals surface area contributed by atoms with Gasteiger partial charge in [0, 0.05) is 6.04 Å². The predicted molar refractivity (Wildman–Crippen MR) is 90.2 cm³/mol. The Balaban J connectivity index is 2.99. The maximum absolute atomic E-state index is 3.65. The molecule has 114 valence electrons. The zero-order valence-electron chi connectivity index (χ0n) is 14.5. The van der Waals surface area contributed by atoms with Crippen molar-refractivity contribution in [3.63, 3.8) is 0 Å². The zero-order chi connectivity index (χ0) is 15.3. The van der Waals surface area contributed by atoms with Gasteiger partial charge >= 0.3 is 0 Å². The van der Waals surface area contributed by atoms with E-state index in [1.807, 2.05) is 0 Å². The molecule has 0 aliphatic carbocycles. The van der Waals surface area contributed by atoms with Gasteiger partial charge in [0.1, 0.15) is 0 Å². The summed E-state index contributed by atoms with van der Waals surface area (Å²) >= 11 is 0. The lowest BCUT2D eigenvalue weighted by Gasteiger charge is -2.29. The average molecular weight is 275 g/mol. The Morgan fingerprint density at radius 1 is 1.00 bits per heavy atom. The summed E-state index contributed by atoms with van der Waals surface area (Å²) in [6, 6.07) is 9.73. The van der Waals surface area contributed by atoms with E-state index in [9.17, 15) is 0 Å². The molecule has 0 saturated heterocycles. The Morgan fingerprint density at radius 2 is 1.55 bits per heavy atom. The molecule has 1 nitrogen and oxygen atoms in total. The van der Waals surface area contributed by atoms with E-state index in [0.29, 0.717) is 17.9 Å². The number of benzene rings is 1. The molecule has 1 rings (SSSR count). The molecule has 0 fully saturated rings. The molecule has 1 heteroatoms. The van der Waals surface area contributed by atoms with E-state index in [0.717, 1.165) is 6.54 Å². The fourth-order valence-corrected chi connectivity index (χ4v) is 2.56. The van der Waals surface area contributed by atoms with Crippen molar-refractivity contribution in [3.05, 3.63) is 35.4 Å². The quantitative estimate of drug-likeness (QED) is 0.710. The molecule has 0 aliphatic rings. The second-order valence-electron chi connectivity index (χ2n) is 7.00. The van der Waals surface area contributed by atoms with E-state index >= 15 is 0 Å². The van der Waals surface area contributed by atoms with Crippen molar-refractivity contribution in [2.75, 3.05) is 6.54 Å². The van der Waals surface area contributed by atoms with Crippen molar-refractivity contribution in [1.82, 2.24) is 5.32 Å². The van der Waals surface area contributed by atoms with Crippen LogP contribution in [0.3, 0.4) is 0 Å². The number of hydrogen-bond acceptors (Lipinski definition) is 1. The van der Waals surface area contributed by atoms with Crippen LogP contribution in [0.25, 0.3) is 0 Å². The van der Waals surface area contributed by atoms with Crippen LogP contribution < -0.4 is 5.32 Å². The minimum atomic E-state index is 0.274. The van der Waals surface area contributed by atoms with Gasteiger partial charge in [0.15, 0.2) is 0 Å². The summed E-state index contributed by atoms with van der Waals surface area (Å²) in [4.78, 5) is 0. The lowest BCUT2D eigenvalue weighted by atomic mass is 9.80. The Bertz CT molecular complexity index is 389. The molecule has 1 N–H and O–H groups in total. The molecular weight excluding hydrogens is 242 g/mol. The zero-order valence-corrected chi connectivity index (χ0v) is 14.5. The van der Waals surface area contributed by atoms with Crippen LogP contribution in [0.4, 0.5) is 0 Å². The average Bonchev–Trinajstić information content (AvgIpc) is 2.44. The molecule has 1 aromatic rings. The van der Waals surface area contributed by atoms with Gasteiger partial charge in [-0.3, -0.25) is 0 Å². The van der Waals surface area contributed by atoms with E-state index in [1.54, 1.807) is 0 Å². The minimum absolute atomic E-state index is 0.274. The first-order valence-corrected chi connectivity index (χ1v) is 8.17. The second kappa shape index (κ2) is 7.26. The molecule has 20 heavy (non-hydrogen) atoms. The van der Waals surface area contributed by atoms with Gasteiger partial charge < -0.3 is 5.32 Å². The SMILES string of the molecule is CCNC(c1ccc(C(C)(C)CC)cc1)C(C)C(C)C. The normalized spacial score (nSPS) is 15.4. The molecule has 0 amide bonds.